The third kappa shape index (κ3) is 8.29. The first kappa shape index (κ1) is 41.4. The predicted molar refractivity (Wildman–Crippen MR) is 221 cm³/mol. The van der Waals surface area contributed by atoms with Gasteiger partial charge in [0.1, 0.15) is 28.2 Å². The van der Waals surface area contributed by atoms with Crippen molar-refractivity contribution in [2.24, 2.45) is 5.41 Å². The summed E-state index contributed by atoms with van der Waals surface area (Å²) in [5.74, 6) is -0.597. The van der Waals surface area contributed by atoms with Crippen LogP contribution < -0.4 is 15.4 Å². The van der Waals surface area contributed by atoms with Gasteiger partial charge in [0.05, 0.1) is 47.9 Å². The van der Waals surface area contributed by atoms with Crippen LogP contribution in [-0.4, -0.2) is 102 Å². The third-order valence-electron chi connectivity index (χ3n) is 11.8. The molecule has 4 atom stereocenters. The first-order valence-corrected chi connectivity index (χ1v) is 21.3. The van der Waals surface area contributed by atoms with Gasteiger partial charge in [-0.05, 0) is 76.1 Å². The molecule has 3 aromatic rings. The molecule has 308 valence electrons. The number of anilines is 2. The summed E-state index contributed by atoms with van der Waals surface area (Å²) in [6.07, 6.45) is 8.43. The molecule has 57 heavy (non-hydrogen) atoms. The number of piperazine rings is 1. The van der Waals surface area contributed by atoms with Crippen LogP contribution >= 0.6 is 11.3 Å². The molecule has 1 aliphatic carbocycles. The number of fused-ring (bicyclic) bond motifs is 5. The van der Waals surface area contributed by atoms with E-state index < -0.39 is 17.7 Å². The first-order chi connectivity index (χ1) is 27.4. The van der Waals surface area contributed by atoms with Gasteiger partial charge in [-0.3, -0.25) is 4.90 Å². The van der Waals surface area contributed by atoms with Gasteiger partial charge in [-0.15, -0.1) is 11.3 Å². The Kier molecular flexibility index (Phi) is 12.5. The minimum absolute atomic E-state index is 0.0545. The average Bonchev–Trinajstić information content (AvgIpc) is 3.57. The van der Waals surface area contributed by atoms with Gasteiger partial charge in [-0.2, -0.15) is 15.2 Å². The largest absolute Gasteiger partial charge is 0.463 e. The number of β-amino-alcohol motifs (C(OH)–C–C–N with tert-alkyl or cyclic N) is 1. The highest BCUT2D eigenvalue weighted by Gasteiger charge is 2.46. The number of hydrogen-bond acceptors (Lipinski definition) is 12. The Bertz CT molecular complexity index is 2040. The lowest BCUT2D eigenvalue weighted by Crippen LogP contribution is -2.55. The van der Waals surface area contributed by atoms with Crippen molar-refractivity contribution in [3.05, 3.63) is 51.2 Å². The maximum absolute atomic E-state index is 17.6. The van der Waals surface area contributed by atoms with Crippen LogP contribution in [0.1, 0.15) is 105 Å². The molecule has 8 rings (SSSR count). The Balaban J connectivity index is 0.00000160. The van der Waals surface area contributed by atoms with Crippen molar-refractivity contribution in [2.45, 2.75) is 110 Å². The van der Waals surface area contributed by atoms with E-state index in [-0.39, 0.29) is 80.5 Å². The van der Waals surface area contributed by atoms with E-state index in [1.807, 2.05) is 0 Å². The van der Waals surface area contributed by atoms with E-state index in [4.69, 9.17) is 29.9 Å². The third-order valence-corrected chi connectivity index (χ3v) is 12.8. The highest BCUT2D eigenvalue weighted by molar-refractivity contribution is 7.17. The Hall–Kier alpha value is -3.71. The molecule has 2 aromatic heterocycles. The van der Waals surface area contributed by atoms with E-state index in [0.717, 1.165) is 88.2 Å². The van der Waals surface area contributed by atoms with Gasteiger partial charge >= 0.3 is 6.01 Å². The molecule has 3 N–H and O–H groups in total. The monoisotopic (exact) mass is 805 g/mol. The van der Waals surface area contributed by atoms with Crippen LogP contribution in [0.2, 0.25) is 0 Å². The molecule has 0 amide bonds. The number of rotatable bonds is 13. The van der Waals surface area contributed by atoms with Crippen LogP contribution in [0.5, 0.6) is 6.01 Å². The molecular formula is C43H57F2N7O4S. The number of allylic oxidation sites excluding steroid dienone is 1. The number of nitriles is 1. The van der Waals surface area contributed by atoms with Gasteiger partial charge < -0.3 is 34.9 Å². The number of nitrogens with two attached hydrogens (primary N) is 1. The Labute approximate surface area is 339 Å². The number of nitrogen functional groups attached to an aromatic ring is 1. The summed E-state index contributed by atoms with van der Waals surface area (Å²) in [6, 6.07) is 2.40. The van der Waals surface area contributed by atoms with E-state index >= 15 is 8.78 Å². The van der Waals surface area contributed by atoms with Gasteiger partial charge in [0.15, 0.2) is 5.82 Å². The first-order valence-electron chi connectivity index (χ1n) is 20.5. The molecule has 4 aliphatic heterocycles. The van der Waals surface area contributed by atoms with Crippen molar-refractivity contribution in [3.8, 4) is 12.1 Å². The van der Waals surface area contributed by atoms with E-state index in [1.54, 1.807) is 13.8 Å². The molecule has 5 aliphatic rings. The van der Waals surface area contributed by atoms with Crippen LogP contribution in [0.25, 0.3) is 22.3 Å². The molecule has 1 saturated carbocycles. The van der Waals surface area contributed by atoms with Gasteiger partial charge in [0.25, 0.3) is 0 Å². The fraction of sp³-hybridized carbons (Fsp3) is 0.605. The van der Waals surface area contributed by atoms with Gasteiger partial charge in [-0.1, -0.05) is 32.9 Å². The number of aromatic nitrogens is 2. The van der Waals surface area contributed by atoms with Gasteiger partial charge in [0, 0.05) is 68.0 Å². The number of likely N-dealkylation sites (N-methyl/N-ethyl adjacent to an activating group) is 1. The Morgan fingerprint density at radius 2 is 1.89 bits per heavy atom. The quantitative estimate of drug-likeness (QED) is 0.179. The number of aliphatic hydroxyl groups is 1. The van der Waals surface area contributed by atoms with Crippen molar-refractivity contribution < 1.29 is 28.1 Å². The lowest BCUT2D eigenvalue weighted by atomic mass is 9.88. The number of halogens is 2. The van der Waals surface area contributed by atoms with Crippen molar-refractivity contribution in [2.75, 3.05) is 63.6 Å². The highest BCUT2D eigenvalue weighted by atomic mass is 32.1. The molecule has 0 radical (unpaired) electrons. The van der Waals surface area contributed by atoms with E-state index in [2.05, 4.69) is 48.2 Å². The van der Waals surface area contributed by atoms with Gasteiger partial charge in [-0.25, -0.2) is 8.78 Å². The van der Waals surface area contributed by atoms with Crippen LogP contribution in [0.15, 0.2) is 12.7 Å². The lowest BCUT2D eigenvalue weighted by Gasteiger charge is -2.42. The minimum Gasteiger partial charge on any atom is -0.463 e. The number of hydrogen-bond donors (Lipinski definition) is 2. The topological polar surface area (TPSA) is 133 Å². The number of aliphatic hydroxyl groups excluding tert-OH is 1. The molecule has 6 heterocycles. The minimum atomic E-state index is -0.647. The normalized spacial score (nSPS) is 23.1. The maximum atomic E-state index is 17.6. The van der Waals surface area contributed by atoms with Gasteiger partial charge in [0.2, 0.25) is 0 Å². The van der Waals surface area contributed by atoms with Crippen LogP contribution in [0.3, 0.4) is 0 Å². The number of likely N-dealkylation sites (tertiary alicyclic amines) is 1. The molecule has 2 bridgehead atoms. The number of thiophene rings is 1. The molecule has 3 saturated heterocycles. The lowest BCUT2D eigenvalue weighted by molar-refractivity contribution is 0.0698. The molecule has 14 heteroatoms. The molecule has 0 spiro atoms. The van der Waals surface area contributed by atoms with E-state index in [1.165, 1.54) is 12.5 Å². The van der Waals surface area contributed by atoms with Crippen molar-refractivity contribution >= 4 is 44.5 Å². The molecule has 11 nitrogen and oxygen atoms in total. The smallest absolute Gasteiger partial charge is 0.319 e. The zero-order valence-electron chi connectivity index (χ0n) is 34.0. The summed E-state index contributed by atoms with van der Waals surface area (Å²) in [7, 11) is 2.12. The molecule has 4 unspecified atom stereocenters. The zero-order chi connectivity index (χ0) is 40.6. The SMILES string of the molecule is C=C(c1c(/C(F)=C\C)sc(N)c1C#N)c1c2c(c3c(N4C5CCC4CN(CC(C)O)C5)nc(OCC4(CN(C)CC5CCCO5)CC4)nc3c1F)COC2.CCC. The van der Waals surface area contributed by atoms with Crippen LogP contribution in [0.4, 0.5) is 19.6 Å². The standard InChI is InChI=1S/C40H49F2N7O4S.C3H8/c1-5-30(41)36-32(27(13-43)37(44)54-36)23(3)31-28-18-51-19-29(28)33-35(34(31)42)45-39(53-21-40(10-11-40)20-47(4)17-26-7-6-12-52-26)46-38(33)49-24-8-9-25(49)16-48(15-24)14-22(2)50;1-3-2/h5,22,24-26,50H,3,6-12,14-21,44H2,1-2,4H3;3H2,1-2H3/b30-5+;. The number of benzene rings is 1. The fourth-order valence-corrected chi connectivity index (χ4v) is 10.2. The second-order valence-corrected chi connectivity index (χ2v) is 17.7. The highest BCUT2D eigenvalue weighted by Crippen LogP contribution is 2.49. The maximum Gasteiger partial charge on any atom is 0.319 e. The summed E-state index contributed by atoms with van der Waals surface area (Å²) in [5.41, 5.74) is 8.07. The molecule has 4 fully saturated rings. The van der Waals surface area contributed by atoms with Crippen molar-refractivity contribution in [1.82, 2.24) is 19.8 Å². The van der Waals surface area contributed by atoms with E-state index in [0.29, 0.717) is 29.9 Å². The zero-order valence-corrected chi connectivity index (χ0v) is 34.8. The molecular weight excluding hydrogens is 749 g/mol. The summed E-state index contributed by atoms with van der Waals surface area (Å²) in [6.45, 7) is 17.2. The summed E-state index contributed by atoms with van der Waals surface area (Å²) >= 11 is 0.941. The fourth-order valence-electron chi connectivity index (χ4n) is 9.20. The Morgan fingerprint density at radius 3 is 2.51 bits per heavy atom. The van der Waals surface area contributed by atoms with Crippen LogP contribution in [-0.2, 0) is 22.7 Å². The van der Waals surface area contributed by atoms with Crippen LogP contribution in [0, 0.1) is 22.6 Å². The second-order valence-electron chi connectivity index (χ2n) is 16.7. The number of nitrogens with zero attached hydrogens (tertiary/aromatic N) is 6. The van der Waals surface area contributed by atoms with Crippen molar-refractivity contribution in [1.29, 1.82) is 5.26 Å². The summed E-state index contributed by atoms with van der Waals surface area (Å²) in [4.78, 5) is 17.0. The summed E-state index contributed by atoms with van der Waals surface area (Å²) in [5, 5.41) is 21.0. The molecule has 1 aromatic carbocycles. The average molecular weight is 806 g/mol. The second kappa shape index (κ2) is 17.3. The van der Waals surface area contributed by atoms with E-state index in [9.17, 15) is 10.4 Å². The predicted octanol–water partition coefficient (Wildman–Crippen LogP) is 7.43. The van der Waals surface area contributed by atoms with Crippen molar-refractivity contribution in [3.63, 3.8) is 0 Å². The Morgan fingerprint density at radius 1 is 1.19 bits per heavy atom. The summed E-state index contributed by atoms with van der Waals surface area (Å²) < 4.78 is 51.2. The number of ether oxygens (including phenoxy) is 3.